The molecule has 1 aliphatic carbocycles. The summed E-state index contributed by atoms with van der Waals surface area (Å²) >= 11 is 16.1. The van der Waals surface area contributed by atoms with Crippen LogP contribution in [0.4, 0.5) is 0 Å². The van der Waals surface area contributed by atoms with Crippen LogP contribution in [0.5, 0.6) is 0 Å². The number of hydrogen-bond donors (Lipinski definition) is 0. The Kier molecular flexibility index (Phi) is 3.40. The van der Waals surface area contributed by atoms with Gasteiger partial charge in [-0.2, -0.15) is 0 Å². The van der Waals surface area contributed by atoms with E-state index in [2.05, 4.69) is 40.2 Å². The van der Waals surface area contributed by atoms with Gasteiger partial charge in [-0.05, 0) is 41.3 Å². The molecule has 18 heavy (non-hydrogen) atoms. The molecule has 2 aromatic rings. The predicted molar refractivity (Wildman–Crippen MR) is 81.0 cm³/mol. The first-order chi connectivity index (χ1) is 8.66. The summed E-state index contributed by atoms with van der Waals surface area (Å²) in [6.07, 6.45) is 1.09. The molecule has 3 heteroatoms. The Hall–Kier alpha value is -0.500. The Balaban J connectivity index is 1.93. The highest BCUT2D eigenvalue weighted by atomic mass is 79.9. The fourth-order valence-corrected chi connectivity index (χ4v) is 3.90. The summed E-state index contributed by atoms with van der Waals surface area (Å²) < 4.78 is 0. The van der Waals surface area contributed by atoms with E-state index in [1.165, 1.54) is 11.1 Å². The normalized spacial score (nSPS) is 18.9. The third kappa shape index (κ3) is 2.09. The minimum atomic E-state index is 0.221. The molecule has 0 radical (unpaired) electrons. The number of hydrogen-bond acceptors (Lipinski definition) is 0. The maximum atomic E-state index is 6.25. The molecular formula is C15H11BrCl2. The Bertz CT molecular complexity index is 595. The predicted octanol–water partition coefficient (Wildman–Crippen LogP) is 5.77. The average molecular weight is 342 g/mol. The zero-order valence-corrected chi connectivity index (χ0v) is 12.6. The number of fused-ring (bicyclic) bond motifs is 1. The lowest BCUT2D eigenvalue weighted by Gasteiger charge is -2.34. The summed E-state index contributed by atoms with van der Waals surface area (Å²) in [5.74, 6) is 0.483. The molecule has 0 N–H and O–H groups in total. The molecule has 92 valence electrons. The quantitative estimate of drug-likeness (QED) is 0.608. The number of halogens is 3. The van der Waals surface area contributed by atoms with Crippen molar-refractivity contribution < 1.29 is 0 Å². The van der Waals surface area contributed by atoms with Crippen molar-refractivity contribution in [2.75, 3.05) is 0 Å². The van der Waals surface area contributed by atoms with E-state index in [9.17, 15) is 0 Å². The SMILES string of the molecule is Clc1ccc(Cl)c(C(Br)C2Cc3ccccc32)c1. The number of rotatable bonds is 2. The Morgan fingerprint density at radius 3 is 2.67 bits per heavy atom. The van der Waals surface area contributed by atoms with Gasteiger partial charge in [0.25, 0.3) is 0 Å². The minimum absolute atomic E-state index is 0.221. The summed E-state index contributed by atoms with van der Waals surface area (Å²) in [6, 6.07) is 14.2. The highest BCUT2D eigenvalue weighted by Gasteiger charge is 2.33. The lowest BCUT2D eigenvalue weighted by molar-refractivity contribution is 0.600. The van der Waals surface area contributed by atoms with Gasteiger partial charge in [0.1, 0.15) is 0 Å². The van der Waals surface area contributed by atoms with E-state index in [1.54, 1.807) is 0 Å². The molecule has 0 amide bonds. The molecule has 0 bridgehead atoms. The van der Waals surface area contributed by atoms with Gasteiger partial charge in [0, 0.05) is 20.8 Å². The lowest BCUT2D eigenvalue weighted by Crippen LogP contribution is -2.20. The second-order valence-electron chi connectivity index (χ2n) is 4.58. The maximum Gasteiger partial charge on any atom is 0.0482 e. The van der Waals surface area contributed by atoms with Crippen molar-refractivity contribution in [1.29, 1.82) is 0 Å². The third-order valence-electron chi connectivity index (χ3n) is 3.50. The van der Waals surface area contributed by atoms with Crippen LogP contribution in [0.1, 0.15) is 27.4 Å². The van der Waals surface area contributed by atoms with E-state index in [1.807, 2.05) is 18.2 Å². The summed E-state index contributed by atoms with van der Waals surface area (Å²) in [5, 5.41) is 1.50. The van der Waals surface area contributed by atoms with E-state index in [-0.39, 0.29) is 4.83 Å². The maximum absolute atomic E-state index is 6.25. The van der Waals surface area contributed by atoms with Crippen molar-refractivity contribution >= 4 is 39.1 Å². The van der Waals surface area contributed by atoms with E-state index in [4.69, 9.17) is 23.2 Å². The van der Waals surface area contributed by atoms with E-state index in [0.29, 0.717) is 5.92 Å². The van der Waals surface area contributed by atoms with Crippen LogP contribution in [0.25, 0.3) is 0 Å². The molecule has 3 rings (SSSR count). The van der Waals surface area contributed by atoms with Gasteiger partial charge in [-0.25, -0.2) is 0 Å². The van der Waals surface area contributed by atoms with Crippen LogP contribution in [0.3, 0.4) is 0 Å². The van der Waals surface area contributed by atoms with Crippen molar-refractivity contribution in [1.82, 2.24) is 0 Å². The monoisotopic (exact) mass is 340 g/mol. The molecule has 2 aromatic carbocycles. The van der Waals surface area contributed by atoms with Crippen LogP contribution < -0.4 is 0 Å². The van der Waals surface area contributed by atoms with Gasteiger partial charge in [-0.1, -0.05) is 63.4 Å². The van der Waals surface area contributed by atoms with Crippen LogP contribution in [0, 0.1) is 0 Å². The van der Waals surface area contributed by atoms with Crippen LogP contribution in [0.15, 0.2) is 42.5 Å². The van der Waals surface area contributed by atoms with Gasteiger partial charge >= 0.3 is 0 Å². The van der Waals surface area contributed by atoms with Crippen molar-refractivity contribution in [2.45, 2.75) is 17.2 Å². The fourth-order valence-electron chi connectivity index (χ4n) is 2.50. The van der Waals surface area contributed by atoms with E-state index >= 15 is 0 Å². The lowest BCUT2D eigenvalue weighted by atomic mass is 9.74. The smallest absolute Gasteiger partial charge is 0.0482 e. The van der Waals surface area contributed by atoms with Gasteiger partial charge < -0.3 is 0 Å². The van der Waals surface area contributed by atoms with Gasteiger partial charge in [0.05, 0.1) is 0 Å². The molecule has 0 saturated carbocycles. The van der Waals surface area contributed by atoms with Crippen LogP contribution in [-0.4, -0.2) is 0 Å². The highest BCUT2D eigenvalue weighted by Crippen LogP contribution is 2.49. The second-order valence-corrected chi connectivity index (χ2v) is 6.41. The molecule has 2 unspecified atom stereocenters. The summed E-state index contributed by atoms with van der Waals surface area (Å²) in [5.41, 5.74) is 3.92. The molecule has 0 heterocycles. The first-order valence-electron chi connectivity index (χ1n) is 5.83. The highest BCUT2D eigenvalue weighted by molar-refractivity contribution is 9.09. The first kappa shape index (κ1) is 12.5. The van der Waals surface area contributed by atoms with Gasteiger partial charge in [-0.15, -0.1) is 0 Å². The Labute approximate surface area is 125 Å². The van der Waals surface area contributed by atoms with Gasteiger partial charge in [0.2, 0.25) is 0 Å². The zero-order valence-electron chi connectivity index (χ0n) is 9.54. The summed E-state index contributed by atoms with van der Waals surface area (Å²) in [7, 11) is 0. The van der Waals surface area contributed by atoms with Crippen LogP contribution in [0.2, 0.25) is 10.0 Å². The standard InChI is InChI=1S/C15H11BrCl2/c16-15(13-8-10(17)5-6-14(13)18)12-7-9-3-1-2-4-11(9)12/h1-6,8,12,15H,7H2. The molecule has 2 atom stereocenters. The van der Waals surface area contributed by atoms with Crippen molar-refractivity contribution in [2.24, 2.45) is 0 Å². The average Bonchev–Trinajstić information content (AvgIpc) is 2.33. The second kappa shape index (κ2) is 4.88. The van der Waals surface area contributed by atoms with Crippen LogP contribution in [-0.2, 0) is 6.42 Å². The first-order valence-corrected chi connectivity index (χ1v) is 7.51. The van der Waals surface area contributed by atoms with Gasteiger partial charge in [0.15, 0.2) is 0 Å². The topological polar surface area (TPSA) is 0 Å². The zero-order chi connectivity index (χ0) is 12.7. The molecule has 0 fully saturated rings. The Morgan fingerprint density at radius 1 is 1.11 bits per heavy atom. The van der Waals surface area contributed by atoms with Gasteiger partial charge in [-0.3, -0.25) is 0 Å². The molecule has 1 aliphatic rings. The molecule has 0 aromatic heterocycles. The molecule has 0 aliphatic heterocycles. The van der Waals surface area contributed by atoms with E-state index in [0.717, 1.165) is 22.0 Å². The molecule has 0 nitrogen and oxygen atoms in total. The number of benzene rings is 2. The van der Waals surface area contributed by atoms with Crippen LogP contribution >= 0.6 is 39.1 Å². The molecular weight excluding hydrogens is 331 g/mol. The van der Waals surface area contributed by atoms with E-state index < -0.39 is 0 Å². The van der Waals surface area contributed by atoms with Crippen molar-refractivity contribution in [3.8, 4) is 0 Å². The Morgan fingerprint density at radius 2 is 1.89 bits per heavy atom. The summed E-state index contributed by atoms with van der Waals surface area (Å²) in [6.45, 7) is 0. The largest absolute Gasteiger partial charge is 0.0843 e. The molecule has 0 saturated heterocycles. The number of alkyl halides is 1. The molecule has 0 spiro atoms. The van der Waals surface area contributed by atoms with Crippen molar-refractivity contribution in [3.05, 3.63) is 69.2 Å². The fraction of sp³-hybridized carbons (Fsp3) is 0.200. The summed E-state index contributed by atoms with van der Waals surface area (Å²) in [4.78, 5) is 0.221. The minimum Gasteiger partial charge on any atom is -0.0843 e. The van der Waals surface area contributed by atoms with Crippen molar-refractivity contribution in [3.63, 3.8) is 0 Å². The third-order valence-corrected chi connectivity index (χ3v) is 5.21.